The lowest BCUT2D eigenvalue weighted by Gasteiger charge is -2.08. The van der Waals surface area contributed by atoms with Gasteiger partial charge in [0.1, 0.15) is 0 Å². The Kier molecular flexibility index (Phi) is 3.01. The van der Waals surface area contributed by atoms with E-state index < -0.39 is 0 Å². The second-order valence-electron chi connectivity index (χ2n) is 2.32. The Hall–Kier alpha value is -0.930. The Morgan fingerprint density at radius 3 is 3.00 bits per heavy atom. The summed E-state index contributed by atoms with van der Waals surface area (Å²) < 4.78 is 4.89. The molecule has 0 saturated heterocycles. The van der Waals surface area contributed by atoms with Crippen LogP contribution in [0.1, 0.15) is 11.7 Å². The van der Waals surface area contributed by atoms with Crippen LogP contribution in [0.15, 0.2) is 24.4 Å². The van der Waals surface area contributed by atoms with Gasteiger partial charge in [0.05, 0.1) is 18.3 Å². The monoisotopic (exact) mass is 152 g/mol. The number of methoxy groups -OCH3 is 1. The third-order valence-electron chi connectivity index (χ3n) is 1.41. The van der Waals surface area contributed by atoms with Crippen molar-refractivity contribution in [2.24, 2.45) is 5.73 Å². The molecular formula is C8H12N2O. The fraction of sp³-hybridized carbons (Fsp3) is 0.375. The van der Waals surface area contributed by atoms with Gasteiger partial charge in [0.25, 0.3) is 0 Å². The molecule has 0 aromatic carbocycles. The standard InChI is InChI=1S/C8H12N2O/c1-11-6-7(9)8-4-2-3-5-10-8/h2-5,7H,6,9H2,1H3/t7-/m1/s1. The first-order chi connectivity index (χ1) is 5.34. The molecule has 0 radical (unpaired) electrons. The number of aromatic nitrogens is 1. The second kappa shape index (κ2) is 4.05. The highest BCUT2D eigenvalue weighted by atomic mass is 16.5. The molecule has 0 fully saturated rings. The molecule has 11 heavy (non-hydrogen) atoms. The summed E-state index contributed by atoms with van der Waals surface area (Å²) in [6, 6.07) is 5.56. The van der Waals surface area contributed by atoms with Crippen molar-refractivity contribution < 1.29 is 4.74 Å². The van der Waals surface area contributed by atoms with Gasteiger partial charge in [0, 0.05) is 13.3 Å². The summed E-state index contributed by atoms with van der Waals surface area (Å²) >= 11 is 0. The van der Waals surface area contributed by atoms with Crippen LogP contribution in [0.4, 0.5) is 0 Å². The molecule has 3 nitrogen and oxygen atoms in total. The van der Waals surface area contributed by atoms with E-state index in [4.69, 9.17) is 10.5 Å². The zero-order valence-corrected chi connectivity index (χ0v) is 6.53. The van der Waals surface area contributed by atoms with E-state index in [1.54, 1.807) is 13.3 Å². The molecule has 1 heterocycles. The summed E-state index contributed by atoms with van der Waals surface area (Å²) in [5.74, 6) is 0. The third kappa shape index (κ3) is 2.29. The van der Waals surface area contributed by atoms with Crippen molar-refractivity contribution in [3.8, 4) is 0 Å². The van der Waals surface area contributed by atoms with Crippen LogP contribution < -0.4 is 5.73 Å². The number of ether oxygens (including phenoxy) is 1. The van der Waals surface area contributed by atoms with E-state index >= 15 is 0 Å². The van der Waals surface area contributed by atoms with Crippen LogP contribution in [0.25, 0.3) is 0 Å². The Bertz CT molecular complexity index is 201. The Morgan fingerprint density at radius 1 is 1.64 bits per heavy atom. The first-order valence-corrected chi connectivity index (χ1v) is 3.50. The molecule has 0 bridgehead atoms. The van der Waals surface area contributed by atoms with Crippen LogP contribution in [-0.4, -0.2) is 18.7 Å². The summed E-state index contributed by atoms with van der Waals surface area (Å²) in [5, 5.41) is 0. The molecule has 1 rings (SSSR count). The summed E-state index contributed by atoms with van der Waals surface area (Å²) in [6.45, 7) is 0.511. The lowest BCUT2D eigenvalue weighted by atomic mass is 10.2. The minimum atomic E-state index is -0.110. The summed E-state index contributed by atoms with van der Waals surface area (Å²) in [5.41, 5.74) is 6.59. The molecule has 0 saturated carbocycles. The molecule has 60 valence electrons. The van der Waals surface area contributed by atoms with Crippen LogP contribution >= 0.6 is 0 Å². The van der Waals surface area contributed by atoms with Crippen molar-refractivity contribution in [3.63, 3.8) is 0 Å². The number of pyridine rings is 1. The number of hydrogen-bond acceptors (Lipinski definition) is 3. The highest BCUT2D eigenvalue weighted by Crippen LogP contribution is 2.04. The van der Waals surface area contributed by atoms with Gasteiger partial charge in [-0.3, -0.25) is 4.98 Å². The van der Waals surface area contributed by atoms with Crippen molar-refractivity contribution in [1.82, 2.24) is 4.98 Å². The molecule has 0 aliphatic carbocycles. The summed E-state index contributed by atoms with van der Waals surface area (Å²) in [7, 11) is 1.63. The van der Waals surface area contributed by atoms with Gasteiger partial charge in [-0.05, 0) is 12.1 Å². The van der Waals surface area contributed by atoms with Crippen molar-refractivity contribution in [1.29, 1.82) is 0 Å². The minimum absolute atomic E-state index is 0.110. The maximum atomic E-state index is 5.72. The van der Waals surface area contributed by atoms with Gasteiger partial charge in [-0.1, -0.05) is 6.07 Å². The zero-order chi connectivity index (χ0) is 8.10. The maximum Gasteiger partial charge on any atom is 0.0707 e. The molecule has 0 spiro atoms. The van der Waals surface area contributed by atoms with Gasteiger partial charge in [-0.25, -0.2) is 0 Å². The van der Waals surface area contributed by atoms with E-state index in [-0.39, 0.29) is 6.04 Å². The van der Waals surface area contributed by atoms with Crippen LogP contribution in [0, 0.1) is 0 Å². The predicted molar refractivity (Wildman–Crippen MR) is 43.0 cm³/mol. The fourth-order valence-corrected chi connectivity index (χ4v) is 0.860. The topological polar surface area (TPSA) is 48.1 Å². The highest BCUT2D eigenvalue weighted by molar-refractivity contribution is 5.07. The van der Waals surface area contributed by atoms with Gasteiger partial charge < -0.3 is 10.5 Å². The van der Waals surface area contributed by atoms with Crippen molar-refractivity contribution in [3.05, 3.63) is 30.1 Å². The van der Waals surface area contributed by atoms with Gasteiger partial charge in [-0.15, -0.1) is 0 Å². The molecule has 1 aromatic rings. The van der Waals surface area contributed by atoms with Crippen LogP contribution in [0.2, 0.25) is 0 Å². The van der Waals surface area contributed by atoms with Gasteiger partial charge in [0.2, 0.25) is 0 Å². The van der Waals surface area contributed by atoms with Gasteiger partial charge >= 0.3 is 0 Å². The Labute approximate surface area is 66.2 Å². The third-order valence-corrected chi connectivity index (χ3v) is 1.41. The summed E-state index contributed by atoms with van der Waals surface area (Å²) in [4.78, 5) is 4.09. The van der Waals surface area contributed by atoms with Crippen LogP contribution in [0.5, 0.6) is 0 Å². The van der Waals surface area contributed by atoms with E-state index in [9.17, 15) is 0 Å². The zero-order valence-electron chi connectivity index (χ0n) is 6.53. The normalized spacial score (nSPS) is 12.9. The predicted octanol–water partition coefficient (Wildman–Crippen LogP) is 0.728. The van der Waals surface area contributed by atoms with Crippen LogP contribution in [-0.2, 0) is 4.74 Å². The molecule has 2 N–H and O–H groups in total. The van der Waals surface area contributed by atoms with Gasteiger partial charge in [0.15, 0.2) is 0 Å². The molecular weight excluding hydrogens is 140 g/mol. The largest absolute Gasteiger partial charge is 0.383 e. The highest BCUT2D eigenvalue weighted by Gasteiger charge is 2.04. The fourth-order valence-electron chi connectivity index (χ4n) is 0.860. The number of nitrogens with zero attached hydrogens (tertiary/aromatic N) is 1. The average molecular weight is 152 g/mol. The van der Waals surface area contributed by atoms with E-state index in [1.807, 2.05) is 18.2 Å². The average Bonchev–Trinajstić information content (AvgIpc) is 2.07. The smallest absolute Gasteiger partial charge is 0.0707 e. The Balaban J connectivity index is 2.61. The number of rotatable bonds is 3. The molecule has 0 unspecified atom stereocenters. The number of hydrogen-bond donors (Lipinski definition) is 1. The molecule has 0 aliphatic heterocycles. The maximum absolute atomic E-state index is 5.72. The van der Waals surface area contributed by atoms with E-state index in [1.165, 1.54) is 0 Å². The van der Waals surface area contributed by atoms with E-state index in [0.717, 1.165) is 5.69 Å². The summed E-state index contributed by atoms with van der Waals surface area (Å²) in [6.07, 6.45) is 1.73. The molecule has 0 aliphatic rings. The Morgan fingerprint density at radius 2 is 2.45 bits per heavy atom. The first kappa shape index (κ1) is 8.17. The lowest BCUT2D eigenvalue weighted by Crippen LogP contribution is -2.17. The van der Waals surface area contributed by atoms with E-state index in [0.29, 0.717) is 6.61 Å². The van der Waals surface area contributed by atoms with Crippen molar-refractivity contribution >= 4 is 0 Å². The molecule has 1 aromatic heterocycles. The molecule has 0 amide bonds. The van der Waals surface area contributed by atoms with Crippen molar-refractivity contribution in [2.75, 3.05) is 13.7 Å². The second-order valence-corrected chi connectivity index (χ2v) is 2.32. The number of nitrogens with two attached hydrogens (primary N) is 1. The molecule has 3 heteroatoms. The minimum Gasteiger partial charge on any atom is -0.383 e. The molecule has 1 atom stereocenters. The van der Waals surface area contributed by atoms with Gasteiger partial charge in [-0.2, -0.15) is 0 Å². The quantitative estimate of drug-likeness (QED) is 0.694. The van der Waals surface area contributed by atoms with E-state index in [2.05, 4.69) is 4.98 Å². The lowest BCUT2D eigenvalue weighted by molar-refractivity contribution is 0.179. The van der Waals surface area contributed by atoms with Crippen LogP contribution in [0.3, 0.4) is 0 Å². The van der Waals surface area contributed by atoms with Crippen molar-refractivity contribution in [2.45, 2.75) is 6.04 Å². The SMILES string of the molecule is COC[C@@H](N)c1ccccn1. The first-order valence-electron chi connectivity index (χ1n) is 3.50.